The molecule has 1 heterocycles. The van der Waals surface area contributed by atoms with Crippen LogP contribution in [-0.2, 0) is 6.42 Å². The van der Waals surface area contributed by atoms with Crippen molar-refractivity contribution in [1.82, 2.24) is 16.0 Å². The summed E-state index contributed by atoms with van der Waals surface area (Å²) >= 11 is 0. The summed E-state index contributed by atoms with van der Waals surface area (Å²) in [6, 6.07) is 10.4. The average Bonchev–Trinajstić information content (AvgIpc) is 2.83. The van der Waals surface area contributed by atoms with Gasteiger partial charge in [0, 0.05) is 19.1 Å². The lowest BCUT2D eigenvalue weighted by molar-refractivity contribution is 0.238. The maximum Gasteiger partial charge on any atom is 0.315 e. The molecule has 18 heavy (non-hydrogen) atoms. The number of rotatable bonds is 4. The predicted molar refractivity (Wildman–Crippen MR) is 75.2 cm³/mol. The lowest BCUT2D eigenvalue weighted by Crippen LogP contribution is -2.43. The van der Waals surface area contributed by atoms with Crippen LogP contribution in [0, 0.1) is 0 Å². The molecule has 100 valence electrons. The van der Waals surface area contributed by atoms with Crippen LogP contribution in [0.5, 0.6) is 0 Å². The summed E-state index contributed by atoms with van der Waals surface area (Å²) in [5, 5.41) is 9.05. The van der Waals surface area contributed by atoms with Gasteiger partial charge in [0.15, 0.2) is 0 Å². The van der Waals surface area contributed by atoms with Gasteiger partial charge in [0.05, 0.1) is 0 Å². The van der Waals surface area contributed by atoms with Crippen molar-refractivity contribution < 1.29 is 4.79 Å². The minimum Gasteiger partial charge on any atom is -0.338 e. The van der Waals surface area contributed by atoms with Crippen molar-refractivity contribution in [2.45, 2.75) is 18.9 Å². The highest BCUT2D eigenvalue weighted by Gasteiger charge is 2.15. The van der Waals surface area contributed by atoms with Gasteiger partial charge in [-0.15, -0.1) is 12.4 Å². The highest BCUT2D eigenvalue weighted by Crippen LogP contribution is 1.98. The fourth-order valence-corrected chi connectivity index (χ4v) is 1.98. The molecular formula is C13H20ClN3O. The molecule has 0 aliphatic carbocycles. The van der Waals surface area contributed by atoms with Crippen LogP contribution in [-0.4, -0.2) is 31.7 Å². The Kier molecular flexibility index (Phi) is 6.54. The Labute approximate surface area is 114 Å². The third-order valence-electron chi connectivity index (χ3n) is 2.94. The number of urea groups is 1. The summed E-state index contributed by atoms with van der Waals surface area (Å²) in [5.74, 6) is 0. The number of benzene rings is 1. The number of carbonyl (C=O) groups excluding carboxylic acids is 1. The maximum atomic E-state index is 11.5. The molecule has 4 nitrogen and oxygen atoms in total. The molecule has 0 bridgehead atoms. The van der Waals surface area contributed by atoms with Gasteiger partial charge < -0.3 is 16.0 Å². The monoisotopic (exact) mass is 269 g/mol. The Morgan fingerprint density at radius 2 is 2.11 bits per heavy atom. The van der Waals surface area contributed by atoms with Crippen LogP contribution >= 0.6 is 12.4 Å². The van der Waals surface area contributed by atoms with Crippen LogP contribution in [0.4, 0.5) is 4.79 Å². The van der Waals surface area contributed by atoms with Gasteiger partial charge in [-0.25, -0.2) is 4.79 Å². The van der Waals surface area contributed by atoms with Crippen LogP contribution in [0.25, 0.3) is 0 Å². The smallest absolute Gasteiger partial charge is 0.315 e. The predicted octanol–water partition coefficient (Wildman–Crippen LogP) is 1.31. The molecule has 0 radical (unpaired) electrons. The Morgan fingerprint density at radius 1 is 1.33 bits per heavy atom. The van der Waals surface area contributed by atoms with Gasteiger partial charge in [0.25, 0.3) is 0 Å². The van der Waals surface area contributed by atoms with Crippen molar-refractivity contribution >= 4 is 18.4 Å². The van der Waals surface area contributed by atoms with E-state index >= 15 is 0 Å². The summed E-state index contributed by atoms with van der Waals surface area (Å²) < 4.78 is 0. The molecule has 1 aliphatic heterocycles. The van der Waals surface area contributed by atoms with E-state index in [-0.39, 0.29) is 24.5 Å². The van der Waals surface area contributed by atoms with Gasteiger partial charge >= 0.3 is 6.03 Å². The van der Waals surface area contributed by atoms with Gasteiger partial charge in [-0.1, -0.05) is 30.3 Å². The van der Waals surface area contributed by atoms with Gasteiger partial charge in [0.2, 0.25) is 0 Å². The van der Waals surface area contributed by atoms with E-state index in [1.165, 1.54) is 5.56 Å². The molecule has 1 aliphatic rings. The largest absolute Gasteiger partial charge is 0.338 e. The minimum absolute atomic E-state index is 0. The third kappa shape index (κ3) is 4.94. The number of nitrogens with one attached hydrogen (secondary N) is 3. The van der Waals surface area contributed by atoms with Crippen molar-refractivity contribution in [1.29, 1.82) is 0 Å². The van der Waals surface area contributed by atoms with Crippen LogP contribution in [0.2, 0.25) is 0 Å². The molecular weight excluding hydrogens is 250 g/mol. The quantitative estimate of drug-likeness (QED) is 0.772. The minimum atomic E-state index is -0.0605. The van der Waals surface area contributed by atoms with Crippen molar-refractivity contribution in [2.24, 2.45) is 0 Å². The van der Waals surface area contributed by atoms with Crippen molar-refractivity contribution in [3.8, 4) is 0 Å². The SMILES string of the molecule is Cl.O=C(NCCc1ccccc1)N[C@@H]1CCNC1. The second-order valence-corrected chi connectivity index (χ2v) is 4.33. The van der Waals surface area contributed by atoms with E-state index in [9.17, 15) is 4.79 Å². The highest BCUT2D eigenvalue weighted by molar-refractivity contribution is 5.85. The molecule has 5 heteroatoms. The number of halogens is 1. The molecule has 1 aromatic rings. The molecule has 1 fully saturated rings. The summed E-state index contributed by atoms with van der Waals surface area (Å²) in [6.45, 7) is 2.55. The molecule has 1 atom stereocenters. The van der Waals surface area contributed by atoms with E-state index < -0.39 is 0 Å². The third-order valence-corrected chi connectivity index (χ3v) is 2.94. The second kappa shape index (κ2) is 7.95. The zero-order valence-electron chi connectivity index (χ0n) is 10.3. The molecule has 0 unspecified atom stereocenters. The first-order chi connectivity index (χ1) is 8.34. The number of hydrogen-bond acceptors (Lipinski definition) is 2. The zero-order chi connectivity index (χ0) is 11.9. The summed E-state index contributed by atoms with van der Waals surface area (Å²) in [6.07, 6.45) is 1.89. The first kappa shape index (κ1) is 14.8. The molecule has 2 rings (SSSR count). The van der Waals surface area contributed by atoms with E-state index in [1.807, 2.05) is 18.2 Å². The van der Waals surface area contributed by atoms with Crippen LogP contribution in [0.1, 0.15) is 12.0 Å². The maximum absolute atomic E-state index is 11.5. The molecule has 0 saturated carbocycles. The lowest BCUT2D eigenvalue weighted by Gasteiger charge is -2.12. The number of hydrogen-bond donors (Lipinski definition) is 3. The summed E-state index contributed by atoms with van der Waals surface area (Å²) in [5.41, 5.74) is 1.25. The Hall–Kier alpha value is -1.26. The number of carbonyl (C=O) groups is 1. The van der Waals surface area contributed by atoms with Gasteiger partial charge in [-0.2, -0.15) is 0 Å². The normalized spacial score (nSPS) is 17.9. The molecule has 1 saturated heterocycles. The van der Waals surface area contributed by atoms with Crippen molar-refractivity contribution in [2.75, 3.05) is 19.6 Å². The topological polar surface area (TPSA) is 53.2 Å². The molecule has 3 N–H and O–H groups in total. The first-order valence-electron chi connectivity index (χ1n) is 6.13. The number of amides is 2. The Balaban J connectivity index is 0.00000162. The van der Waals surface area contributed by atoms with Gasteiger partial charge in [-0.3, -0.25) is 0 Å². The van der Waals surface area contributed by atoms with E-state index in [4.69, 9.17) is 0 Å². The lowest BCUT2D eigenvalue weighted by atomic mass is 10.1. The van der Waals surface area contributed by atoms with Crippen molar-refractivity contribution in [3.63, 3.8) is 0 Å². The van der Waals surface area contributed by atoms with Crippen molar-refractivity contribution in [3.05, 3.63) is 35.9 Å². The zero-order valence-corrected chi connectivity index (χ0v) is 11.1. The molecule has 0 spiro atoms. The van der Waals surface area contributed by atoms with Crippen LogP contribution in [0.3, 0.4) is 0 Å². The molecule has 0 aromatic heterocycles. The second-order valence-electron chi connectivity index (χ2n) is 4.33. The molecule has 1 aromatic carbocycles. The standard InChI is InChI=1S/C13H19N3O.ClH/c17-13(16-12-7-8-14-10-12)15-9-6-11-4-2-1-3-5-11;/h1-5,12,14H,6-10H2,(H2,15,16,17);1H/t12-;/m1./s1. The fourth-order valence-electron chi connectivity index (χ4n) is 1.98. The first-order valence-corrected chi connectivity index (χ1v) is 6.13. The van der Waals surface area contributed by atoms with E-state index in [2.05, 4.69) is 28.1 Å². The highest BCUT2D eigenvalue weighted by atomic mass is 35.5. The van der Waals surface area contributed by atoms with Gasteiger partial charge in [-0.05, 0) is 24.9 Å². The Bertz CT molecular complexity index is 353. The average molecular weight is 270 g/mol. The molecule has 2 amide bonds. The fraction of sp³-hybridized carbons (Fsp3) is 0.462. The van der Waals surface area contributed by atoms with E-state index in [0.29, 0.717) is 6.54 Å². The van der Waals surface area contributed by atoms with Crippen LogP contribution < -0.4 is 16.0 Å². The Morgan fingerprint density at radius 3 is 2.78 bits per heavy atom. The van der Waals surface area contributed by atoms with Gasteiger partial charge in [0.1, 0.15) is 0 Å². The van der Waals surface area contributed by atoms with E-state index in [0.717, 1.165) is 25.9 Å². The van der Waals surface area contributed by atoms with E-state index in [1.54, 1.807) is 0 Å². The van der Waals surface area contributed by atoms with Crippen LogP contribution in [0.15, 0.2) is 30.3 Å². The summed E-state index contributed by atoms with van der Waals surface area (Å²) in [4.78, 5) is 11.5. The summed E-state index contributed by atoms with van der Waals surface area (Å²) in [7, 11) is 0.